The van der Waals surface area contributed by atoms with Crippen LogP contribution in [0, 0.1) is 11.2 Å². The van der Waals surface area contributed by atoms with E-state index in [1.807, 2.05) is 27.8 Å². The predicted octanol–water partition coefficient (Wildman–Crippen LogP) is 3.99. The molecule has 1 fully saturated rings. The molecule has 0 aliphatic carbocycles. The Morgan fingerprint density at radius 1 is 1.02 bits per heavy atom. The first kappa shape index (κ1) is 32.4. The number of anilines is 1. The Kier molecular flexibility index (Phi) is 9.81. The van der Waals surface area contributed by atoms with Crippen LogP contribution in [0.15, 0.2) is 36.4 Å². The van der Waals surface area contributed by atoms with Crippen LogP contribution in [0.25, 0.3) is 11.1 Å². The van der Waals surface area contributed by atoms with E-state index in [0.717, 1.165) is 13.1 Å². The molecule has 2 aliphatic rings. The van der Waals surface area contributed by atoms with E-state index in [4.69, 9.17) is 11.6 Å². The number of piperazine rings is 1. The first-order chi connectivity index (χ1) is 20.2. The van der Waals surface area contributed by atoms with Gasteiger partial charge in [-0.2, -0.15) is 0 Å². The second-order valence-electron chi connectivity index (χ2n) is 12.7. The van der Waals surface area contributed by atoms with Gasteiger partial charge in [-0.15, -0.1) is 0 Å². The van der Waals surface area contributed by atoms with Crippen molar-refractivity contribution >= 4 is 40.9 Å². The number of amides is 4. The molecule has 2 heterocycles. The molecule has 4 rings (SSSR count). The Hall–Kier alpha value is -3.50. The monoisotopic (exact) mass is 613 g/mol. The average molecular weight is 614 g/mol. The standard InChI is InChI=1S/C32H41ClFN5O4/c1-21-30(42)39(20-29(41)37-14-11-35(5)12-15-37)27-10-7-22(24-9-8-23(33)18-26(24)34)17-25(27)31(43)38(21)16-13-36(6)28(40)19-32(2,3)4/h7-10,17-18,21H,11-16,19-20H2,1-6H3. The third-order valence-corrected chi connectivity index (χ3v) is 8.28. The van der Waals surface area contributed by atoms with Gasteiger partial charge in [0.1, 0.15) is 18.4 Å². The molecule has 4 amide bonds. The van der Waals surface area contributed by atoms with E-state index in [2.05, 4.69) is 4.90 Å². The highest BCUT2D eigenvalue weighted by atomic mass is 35.5. The van der Waals surface area contributed by atoms with Crippen molar-refractivity contribution in [1.29, 1.82) is 0 Å². The van der Waals surface area contributed by atoms with Crippen molar-refractivity contribution in [1.82, 2.24) is 19.6 Å². The van der Waals surface area contributed by atoms with Crippen molar-refractivity contribution in [2.75, 3.05) is 64.8 Å². The van der Waals surface area contributed by atoms with E-state index >= 15 is 0 Å². The molecule has 0 radical (unpaired) electrons. The van der Waals surface area contributed by atoms with Gasteiger partial charge in [0.25, 0.3) is 5.91 Å². The first-order valence-electron chi connectivity index (χ1n) is 14.6. The van der Waals surface area contributed by atoms with Crippen LogP contribution in [-0.2, 0) is 14.4 Å². The summed E-state index contributed by atoms with van der Waals surface area (Å²) < 4.78 is 14.9. The Balaban J connectivity index is 1.69. The number of nitrogens with zero attached hydrogens (tertiary/aromatic N) is 5. The number of carbonyl (C=O) groups excluding carboxylic acids is 4. The lowest BCUT2D eigenvalue weighted by Crippen LogP contribution is -2.53. The van der Waals surface area contributed by atoms with Crippen LogP contribution in [0.2, 0.25) is 5.02 Å². The zero-order valence-corrected chi connectivity index (χ0v) is 26.6. The number of likely N-dealkylation sites (N-methyl/N-ethyl adjacent to an activating group) is 2. The molecule has 43 heavy (non-hydrogen) atoms. The third kappa shape index (κ3) is 7.54. The summed E-state index contributed by atoms with van der Waals surface area (Å²) in [5.74, 6) is -1.65. The van der Waals surface area contributed by atoms with Gasteiger partial charge < -0.3 is 24.5 Å². The van der Waals surface area contributed by atoms with E-state index in [-0.39, 0.29) is 53.0 Å². The minimum Gasteiger partial charge on any atom is -0.344 e. The van der Waals surface area contributed by atoms with Crippen molar-refractivity contribution in [3.63, 3.8) is 0 Å². The van der Waals surface area contributed by atoms with Crippen molar-refractivity contribution in [3.8, 4) is 11.1 Å². The molecule has 9 nitrogen and oxygen atoms in total. The first-order valence-corrected chi connectivity index (χ1v) is 15.0. The highest BCUT2D eigenvalue weighted by molar-refractivity contribution is 6.30. The number of rotatable bonds is 7. The summed E-state index contributed by atoms with van der Waals surface area (Å²) in [5.41, 5.74) is 0.964. The fraction of sp³-hybridized carbons (Fsp3) is 0.500. The van der Waals surface area contributed by atoms with Crippen LogP contribution in [0.1, 0.15) is 44.5 Å². The summed E-state index contributed by atoms with van der Waals surface area (Å²) in [7, 11) is 3.67. The highest BCUT2D eigenvalue weighted by Crippen LogP contribution is 2.34. The van der Waals surface area contributed by atoms with Gasteiger partial charge in [0.05, 0.1) is 11.3 Å². The summed E-state index contributed by atoms with van der Waals surface area (Å²) in [6.07, 6.45) is 0.340. The molecule has 2 aromatic carbocycles. The molecule has 0 bridgehead atoms. The Morgan fingerprint density at radius 3 is 2.33 bits per heavy atom. The van der Waals surface area contributed by atoms with Crippen LogP contribution >= 0.6 is 11.6 Å². The van der Waals surface area contributed by atoms with E-state index in [0.29, 0.717) is 30.8 Å². The molecule has 2 aromatic rings. The Labute approximate surface area is 258 Å². The molecule has 0 spiro atoms. The summed E-state index contributed by atoms with van der Waals surface area (Å²) in [4.78, 5) is 62.5. The maximum atomic E-state index is 14.9. The summed E-state index contributed by atoms with van der Waals surface area (Å²) in [6, 6.07) is 8.20. The molecule has 0 saturated carbocycles. The Morgan fingerprint density at radius 2 is 1.70 bits per heavy atom. The van der Waals surface area contributed by atoms with Crippen molar-refractivity contribution in [2.24, 2.45) is 5.41 Å². The number of benzene rings is 2. The maximum Gasteiger partial charge on any atom is 0.256 e. The number of hydrogen-bond acceptors (Lipinski definition) is 5. The molecule has 1 saturated heterocycles. The molecular formula is C32H41ClFN5O4. The smallest absolute Gasteiger partial charge is 0.256 e. The molecule has 1 atom stereocenters. The van der Waals surface area contributed by atoms with Crippen LogP contribution in [0.4, 0.5) is 10.1 Å². The fourth-order valence-corrected chi connectivity index (χ4v) is 5.52. The van der Waals surface area contributed by atoms with Crippen molar-refractivity contribution in [3.05, 3.63) is 52.8 Å². The molecule has 232 valence electrons. The van der Waals surface area contributed by atoms with Gasteiger partial charge in [-0.1, -0.05) is 38.4 Å². The lowest BCUT2D eigenvalue weighted by molar-refractivity contribution is -0.133. The zero-order chi connectivity index (χ0) is 31.6. The van der Waals surface area contributed by atoms with Gasteiger partial charge in [0.15, 0.2) is 0 Å². The largest absolute Gasteiger partial charge is 0.344 e. The second-order valence-corrected chi connectivity index (χ2v) is 13.1. The topological polar surface area (TPSA) is 84.5 Å². The molecule has 1 unspecified atom stereocenters. The summed E-state index contributed by atoms with van der Waals surface area (Å²) in [5, 5.41) is 0.247. The van der Waals surface area contributed by atoms with Crippen molar-refractivity contribution in [2.45, 2.75) is 40.2 Å². The normalized spacial score (nSPS) is 18.0. The van der Waals surface area contributed by atoms with Crippen LogP contribution in [0.3, 0.4) is 0 Å². The lowest BCUT2D eigenvalue weighted by Gasteiger charge is -2.34. The minimum absolute atomic E-state index is 0.0611. The van der Waals surface area contributed by atoms with Gasteiger partial charge in [0.2, 0.25) is 17.7 Å². The van der Waals surface area contributed by atoms with Gasteiger partial charge >= 0.3 is 0 Å². The van der Waals surface area contributed by atoms with E-state index < -0.39 is 23.7 Å². The summed E-state index contributed by atoms with van der Waals surface area (Å²) in [6.45, 7) is 10.2. The number of fused-ring (bicyclic) bond motifs is 1. The van der Waals surface area contributed by atoms with Gasteiger partial charge in [-0.05, 0) is 55.3 Å². The number of carbonyl (C=O) groups is 4. The van der Waals surface area contributed by atoms with E-state index in [1.54, 1.807) is 48.0 Å². The predicted molar refractivity (Wildman–Crippen MR) is 165 cm³/mol. The molecule has 0 aromatic heterocycles. The Bertz CT molecular complexity index is 1400. The minimum atomic E-state index is -0.901. The van der Waals surface area contributed by atoms with Crippen LogP contribution < -0.4 is 4.90 Å². The number of hydrogen-bond donors (Lipinski definition) is 0. The second kappa shape index (κ2) is 13.0. The SMILES string of the molecule is CC1C(=O)N(CC(=O)N2CCN(C)CC2)c2ccc(-c3ccc(Cl)cc3F)cc2C(=O)N1CCN(C)C(=O)CC(C)(C)C. The van der Waals surface area contributed by atoms with Gasteiger partial charge in [0, 0.05) is 63.3 Å². The maximum absolute atomic E-state index is 14.9. The van der Waals surface area contributed by atoms with E-state index in [9.17, 15) is 23.6 Å². The molecule has 11 heteroatoms. The van der Waals surface area contributed by atoms with Crippen LogP contribution in [-0.4, -0.2) is 109 Å². The molecule has 2 aliphatic heterocycles. The van der Waals surface area contributed by atoms with Crippen molar-refractivity contribution < 1.29 is 23.6 Å². The highest BCUT2D eigenvalue weighted by Gasteiger charge is 2.39. The van der Waals surface area contributed by atoms with E-state index in [1.165, 1.54) is 21.9 Å². The molecule has 0 N–H and O–H groups in total. The lowest BCUT2D eigenvalue weighted by atomic mass is 9.92. The number of halogens is 2. The third-order valence-electron chi connectivity index (χ3n) is 8.04. The quantitative estimate of drug-likeness (QED) is 0.472. The summed E-state index contributed by atoms with van der Waals surface area (Å²) >= 11 is 5.96. The van der Waals surface area contributed by atoms with Gasteiger partial charge in [-0.25, -0.2) is 4.39 Å². The fourth-order valence-electron chi connectivity index (χ4n) is 5.36. The average Bonchev–Trinajstić information content (AvgIpc) is 3.00. The zero-order valence-electron chi connectivity index (χ0n) is 25.8. The molecular weight excluding hydrogens is 573 g/mol. The van der Waals surface area contributed by atoms with Gasteiger partial charge in [-0.3, -0.25) is 19.2 Å². The van der Waals surface area contributed by atoms with Crippen LogP contribution in [0.5, 0.6) is 0 Å².